The second-order valence-corrected chi connectivity index (χ2v) is 8.77. The molecule has 2 aliphatic rings. The summed E-state index contributed by atoms with van der Waals surface area (Å²) in [5, 5.41) is 3.72. The molecule has 7 heteroatoms. The summed E-state index contributed by atoms with van der Waals surface area (Å²) in [5.74, 6) is -0.412. The van der Waals surface area contributed by atoms with Crippen LogP contribution >= 0.6 is 0 Å². The van der Waals surface area contributed by atoms with Crippen molar-refractivity contribution in [3.63, 3.8) is 0 Å². The van der Waals surface area contributed by atoms with Crippen LogP contribution in [0.25, 0.3) is 11.0 Å². The highest BCUT2D eigenvalue weighted by molar-refractivity contribution is 5.96. The van der Waals surface area contributed by atoms with E-state index in [1.165, 1.54) is 16.8 Å². The molecule has 3 aromatic rings. The van der Waals surface area contributed by atoms with Crippen LogP contribution in [0.1, 0.15) is 33.9 Å². The minimum absolute atomic E-state index is 0.00267. The SMILES string of the molecule is CN1CCCc2cc(C(CNC(=O)c3cc4ccccc4oc3=O)N3CCOCC3)ccc21. The Kier molecular flexibility index (Phi) is 6.15. The van der Waals surface area contributed by atoms with E-state index in [2.05, 4.69) is 40.4 Å². The number of ether oxygens (including phenoxy) is 1. The number of nitrogens with one attached hydrogen (secondary N) is 1. The number of fused-ring (bicyclic) bond motifs is 2. The van der Waals surface area contributed by atoms with Gasteiger partial charge in [0.25, 0.3) is 5.91 Å². The van der Waals surface area contributed by atoms with E-state index in [4.69, 9.17) is 9.15 Å². The molecule has 1 fully saturated rings. The molecule has 1 N–H and O–H groups in total. The first-order chi connectivity index (χ1) is 16.1. The number of rotatable bonds is 5. The van der Waals surface area contributed by atoms with Gasteiger partial charge in [0.05, 0.1) is 19.3 Å². The molecule has 0 bridgehead atoms. The molecule has 2 aromatic carbocycles. The second kappa shape index (κ2) is 9.37. The third kappa shape index (κ3) is 4.51. The van der Waals surface area contributed by atoms with Crippen LogP contribution in [0.5, 0.6) is 0 Å². The molecule has 5 rings (SSSR count). The number of hydrogen-bond donors (Lipinski definition) is 1. The summed E-state index contributed by atoms with van der Waals surface area (Å²) in [4.78, 5) is 30.1. The van der Waals surface area contributed by atoms with E-state index >= 15 is 0 Å². The molecule has 0 aliphatic carbocycles. The number of amides is 1. The van der Waals surface area contributed by atoms with Gasteiger partial charge in [-0.15, -0.1) is 0 Å². The van der Waals surface area contributed by atoms with Crippen LogP contribution in [-0.4, -0.2) is 57.2 Å². The first-order valence-electron chi connectivity index (χ1n) is 11.6. The van der Waals surface area contributed by atoms with Crippen LogP contribution in [0.15, 0.2) is 57.7 Å². The Morgan fingerprint density at radius 2 is 1.91 bits per heavy atom. The number of carbonyl (C=O) groups excluding carboxylic acids is 1. The number of carbonyl (C=O) groups is 1. The van der Waals surface area contributed by atoms with Gasteiger partial charge in [0.2, 0.25) is 0 Å². The number of anilines is 1. The molecule has 1 amide bonds. The van der Waals surface area contributed by atoms with Gasteiger partial charge in [0.15, 0.2) is 0 Å². The predicted octanol–water partition coefficient (Wildman–Crippen LogP) is 2.98. The lowest BCUT2D eigenvalue weighted by molar-refractivity contribution is 0.0162. The summed E-state index contributed by atoms with van der Waals surface area (Å²) in [6.07, 6.45) is 2.21. The molecule has 3 heterocycles. The Bertz CT molecular complexity index is 1220. The molecule has 7 nitrogen and oxygen atoms in total. The average molecular weight is 448 g/mol. The van der Waals surface area contributed by atoms with Crippen LogP contribution in [0.2, 0.25) is 0 Å². The van der Waals surface area contributed by atoms with Crippen molar-refractivity contribution >= 4 is 22.6 Å². The lowest BCUT2D eigenvalue weighted by atomic mass is 9.95. The minimum atomic E-state index is -0.619. The van der Waals surface area contributed by atoms with E-state index in [-0.39, 0.29) is 11.6 Å². The van der Waals surface area contributed by atoms with Crippen molar-refractivity contribution in [2.24, 2.45) is 0 Å². The van der Waals surface area contributed by atoms with Gasteiger partial charge in [-0.3, -0.25) is 9.69 Å². The Labute approximate surface area is 192 Å². The van der Waals surface area contributed by atoms with Gasteiger partial charge < -0.3 is 19.4 Å². The zero-order valence-electron chi connectivity index (χ0n) is 18.9. The first-order valence-corrected chi connectivity index (χ1v) is 11.6. The van der Waals surface area contributed by atoms with E-state index in [0.29, 0.717) is 25.3 Å². The van der Waals surface area contributed by atoms with Crippen LogP contribution in [0.4, 0.5) is 5.69 Å². The predicted molar refractivity (Wildman–Crippen MR) is 128 cm³/mol. The van der Waals surface area contributed by atoms with E-state index < -0.39 is 11.5 Å². The van der Waals surface area contributed by atoms with E-state index in [1.807, 2.05) is 12.1 Å². The molecule has 1 saturated heterocycles. The molecule has 1 aromatic heterocycles. The summed E-state index contributed by atoms with van der Waals surface area (Å²) in [5.41, 5.74) is 3.69. The number of morpholine rings is 1. The van der Waals surface area contributed by atoms with E-state index in [9.17, 15) is 9.59 Å². The quantitative estimate of drug-likeness (QED) is 0.606. The van der Waals surface area contributed by atoms with Crippen molar-refractivity contribution in [2.45, 2.75) is 18.9 Å². The fraction of sp³-hybridized carbons (Fsp3) is 0.385. The van der Waals surface area contributed by atoms with Crippen LogP contribution in [-0.2, 0) is 11.2 Å². The molecule has 0 saturated carbocycles. The van der Waals surface area contributed by atoms with Gasteiger partial charge in [0.1, 0.15) is 11.1 Å². The van der Waals surface area contributed by atoms with Gasteiger partial charge in [-0.05, 0) is 42.2 Å². The van der Waals surface area contributed by atoms with Crippen molar-refractivity contribution in [3.05, 3.63) is 75.6 Å². The summed E-state index contributed by atoms with van der Waals surface area (Å²) in [7, 11) is 2.13. The zero-order valence-corrected chi connectivity index (χ0v) is 18.9. The summed E-state index contributed by atoms with van der Waals surface area (Å²) < 4.78 is 10.9. The van der Waals surface area contributed by atoms with Crippen molar-refractivity contribution < 1.29 is 13.9 Å². The highest BCUT2D eigenvalue weighted by Gasteiger charge is 2.26. The smallest absolute Gasteiger partial charge is 0.349 e. The maximum absolute atomic E-state index is 13.0. The molecule has 1 unspecified atom stereocenters. The van der Waals surface area contributed by atoms with Gasteiger partial charge in [0, 0.05) is 44.3 Å². The lowest BCUT2D eigenvalue weighted by Gasteiger charge is -2.36. The number of nitrogens with zero attached hydrogens (tertiary/aromatic N) is 2. The Hall–Kier alpha value is -3.16. The summed E-state index contributed by atoms with van der Waals surface area (Å²) in [6.45, 7) is 4.42. The first kappa shape index (κ1) is 21.7. The molecule has 0 radical (unpaired) electrons. The molecular formula is C26H29N3O4. The minimum Gasteiger partial charge on any atom is -0.422 e. The topological polar surface area (TPSA) is 75.0 Å². The van der Waals surface area contributed by atoms with Gasteiger partial charge in [-0.2, -0.15) is 0 Å². The third-order valence-corrected chi connectivity index (χ3v) is 6.67. The number of benzene rings is 2. The maximum Gasteiger partial charge on any atom is 0.349 e. The summed E-state index contributed by atoms with van der Waals surface area (Å²) >= 11 is 0. The van der Waals surface area contributed by atoms with Gasteiger partial charge in [-0.1, -0.05) is 30.3 Å². The molecule has 1 atom stereocenters. The Morgan fingerprint density at radius 3 is 2.76 bits per heavy atom. The van der Waals surface area contributed by atoms with Gasteiger partial charge >= 0.3 is 5.63 Å². The standard InChI is InChI=1S/C26H29N3O4/c1-28-10-4-6-18-15-19(8-9-22(18)28)23(29-11-13-32-14-12-29)17-27-25(30)21-16-20-5-2-3-7-24(20)33-26(21)31/h2-3,5,7-9,15-16,23H,4,6,10-14,17H2,1H3,(H,27,30). The van der Waals surface area contributed by atoms with Crippen LogP contribution < -0.4 is 15.8 Å². The Balaban J connectivity index is 1.40. The van der Waals surface area contributed by atoms with Gasteiger partial charge in [-0.25, -0.2) is 4.79 Å². The number of hydrogen-bond acceptors (Lipinski definition) is 6. The van der Waals surface area contributed by atoms with E-state index in [1.54, 1.807) is 18.2 Å². The fourth-order valence-electron chi connectivity index (χ4n) is 4.86. The largest absolute Gasteiger partial charge is 0.422 e. The third-order valence-electron chi connectivity index (χ3n) is 6.67. The second-order valence-electron chi connectivity index (χ2n) is 8.77. The van der Waals surface area contributed by atoms with Crippen molar-refractivity contribution in [1.82, 2.24) is 10.2 Å². The highest BCUT2D eigenvalue weighted by atomic mass is 16.5. The number of para-hydroxylation sites is 1. The maximum atomic E-state index is 13.0. The highest BCUT2D eigenvalue weighted by Crippen LogP contribution is 2.31. The number of aryl methyl sites for hydroxylation is 1. The van der Waals surface area contributed by atoms with Crippen LogP contribution in [0, 0.1) is 0 Å². The average Bonchev–Trinajstić information content (AvgIpc) is 2.84. The van der Waals surface area contributed by atoms with Crippen molar-refractivity contribution in [3.8, 4) is 0 Å². The molecule has 33 heavy (non-hydrogen) atoms. The lowest BCUT2D eigenvalue weighted by Crippen LogP contribution is -2.44. The van der Waals surface area contributed by atoms with Crippen molar-refractivity contribution in [1.29, 1.82) is 0 Å². The molecule has 172 valence electrons. The van der Waals surface area contributed by atoms with E-state index in [0.717, 1.165) is 37.9 Å². The molecule has 2 aliphatic heterocycles. The zero-order chi connectivity index (χ0) is 22.8. The fourth-order valence-corrected chi connectivity index (χ4v) is 4.86. The summed E-state index contributed by atoms with van der Waals surface area (Å²) in [6, 6.07) is 15.4. The molecule has 0 spiro atoms. The molecular weight excluding hydrogens is 418 g/mol. The monoisotopic (exact) mass is 447 g/mol. The normalized spacial score (nSPS) is 17.5. The van der Waals surface area contributed by atoms with Crippen molar-refractivity contribution in [2.75, 3.05) is 51.3 Å². The van der Waals surface area contributed by atoms with Crippen LogP contribution in [0.3, 0.4) is 0 Å². The Morgan fingerprint density at radius 1 is 1.09 bits per heavy atom.